The first-order valence-corrected chi connectivity index (χ1v) is 8.63. The number of anilines is 1. The zero-order valence-electron chi connectivity index (χ0n) is 11.7. The Morgan fingerprint density at radius 1 is 1.29 bits per heavy atom. The highest BCUT2D eigenvalue weighted by Gasteiger charge is 2.27. The number of nitrogen functional groups attached to an aromatic ring is 1. The van der Waals surface area contributed by atoms with Gasteiger partial charge in [-0.25, -0.2) is 13.1 Å². The van der Waals surface area contributed by atoms with Crippen LogP contribution >= 0.6 is 0 Å². The lowest BCUT2D eigenvalue weighted by molar-refractivity contribution is 0.408. The molecule has 21 heavy (non-hydrogen) atoms. The van der Waals surface area contributed by atoms with Crippen LogP contribution in [0.15, 0.2) is 18.2 Å². The van der Waals surface area contributed by atoms with E-state index in [0.29, 0.717) is 24.4 Å². The van der Waals surface area contributed by atoms with E-state index in [1.54, 1.807) is 4.68 Å². The lowest BCUT2D eigenvalue weighted by Gasteiger charge is -2.22. The summed E-state index contributed by atoms with van der Waals surface area (Å²) in [5, 5.41) is 11.8. The maximum Gasteiger partial charge on any atom is 0.182 e. The molecule has 112 valence electrons. The normalized spacial score (nSPS) is 18.7. The number of nitrogens with zero attached hydrogens (tertiary/aromatic N) is 4. The van der Waals surface area contributed by atoms with Gasteiger partial charge in [0.2, 0.25) is 0 Å². The van der Waals surface area contributed by atoms with Crippen molar-refractivity contribution in [3.05, 3.63) is 23.8 Å². The number of aromatic nitrogens is 4. The van der Waals surface area contributed by atoms with Gasteiger partial charge in [0.25, 0.3) is 0 Å². The van der Waals surface area contributed by atoms with Gasteiger partial charge in [-0.05, 0) is 41.8 Å². The third-order valence-corrected chi connectivity index (χ3v) is 5.62. The quantitative estimate of drug-likeness (QED) is 0.829. The Morgan fingerprint density at radius 2 is 2.00 bits per heavy atom. The SMILES string of the molecule is Cc1ccc(-c2nnnn2C2CCS(=O)(=O)CC2)cc1N. The Labute approximate surface area is 123 Å². The van der Waals surface area contributed by atoms with E-state index in [1.807, 2.05) is 25.1 Å². The molecule has 2 aromatic rings. The average Bonchev–Trinajstić information content (AvgIpc) is 2.91. The first-order valence-electron chi connectivity index (χ1n) is 6.81. The van der Waals surface area contributed by atoms with E-state index in [-0.39, 0.29) is 17.5 Å². The third kappa shape index (κ3) is 2.76. The molecule has 0 saturated carbocycles. The molecule has 1 aromatic carbocycles. The summed E-state index contributed by atoms with van der Waals surface area (Å²) in [4.78, 5) is 0. The number of hydrogen-bond donors (Lipinski definition) is 1. The largest absolute Gasteiger partial charge is 0.398 e. The number of rotatable bonds is 2. The van der Waals surface area contributed by atoms with E-state index in [0.717, 1.165) is 11.1 Å². The highest BCUT2D eigenvalue weighted by molar-refractivity contribution is 7.91. The minimum atomic E-state index is -2.90. The molecule has 0 bridgehead atoms. The molecule has 3 rings (SSSR count). The van der Waals surface area contributed by atoms with Crippen molar-refractivity contribution in [2.45, 2.75) is 25.8 Å². The fourth-order valence-corrected chi connectivity index (χ4v) is 4.00. The van der Waals surface area contributed by atoms with Crippen LogP contribution in [0, 0.1) is 6.92 Å². The van der Waals surface area contributed by atoms with Gasteiger partial charge < -0.3 is 5.73 Å². The van der Waals surface area contributed by atoms with Crippen molar-refractivity contribution in [3.63, 3.8) is 0 Å². The molecule has 1 aliphatic rings. The van der Waals surface area contributed by atoms with Gasteiger partial charge >= 0.3 is 0 Å². The van der Waals surface area contributed by atoms with Crippen molar-refractivity contribution < 1.29 is 8.42 Å². The standard InChI is InChI=1S/C13H17N5O2S/c1-9-2-3-10(8-12(9)14)13-15-16-17-18(13)11-4-6-21(19,20)7-5-11/h2-3,8,11H,4-7,14H2,1H3. The zero-order chi connectivity index (χ0) is 15.0. The fourth-order valence-electron chi connectivity index (χ4n) is 2.53. The summed E-state index contributed by atoms with van der Waals surface area (Å²) in [6.45, 7) is 1.94. The van der Waals surface area contributed by atoms with Crippen molar-refractivity contribution in [2.24, 2.45) is 0 Å². The van der Waals surface area contributed by atoms with Gasteiger partial charge in [0.15, 0.2) is 5.82 Å². The minimum absolute atomic E-state index is 0.0149. The topological polar surface area (TPSA) is 104 Å². The second-order valence-electron chi connectivity index (χ2n) is 5.40. The van der Waals surface area contributed by atoms with Crippen molar-refractivity contribution in [1.29, 1.82) is 0 Å². The molecule has 7 nitrogen and oxygen atoms in total. The monoisotopic (exact) mass is 307 g/mol. The predicted molar refractivity (Wildman–Crippen MR) is 79.3 cm³/mol. The van der Waals surface area contributed by atoms with E-state index in [2.05, 4.69) is 15.5 Å². The maximum atomic E-state index is 11.5. The van der Waals surface area contributed by atoms with Gasteiger partial charge in [-0.1, -0.05) is 12.1 Å². The molecule has 2 heterocycles. The van der Waals surface area contributed by atoms with Crippen molar-refractivity contribution in [2.75, 3.05) is 17.2 Å². The number of aryl methyl sites for hydroxylation is 1. The summed E-state index contributed by atoms with van der Waals surface area (Å²) in [5.41, 5.74) is 8.47. The Hall–Kier alpha value is -1.96. The Bertz CT molecular complexity index is 755. The van der Waals surface area contributed by atoms with Crippen LogP contribution in [-0.2, 0) is 9.84 Å². The van der Waals surface area contributed by atoms with E-state index in [9.17, 15) is 8.42 Å². The molecule has 8 heteroatoms. The van der Waals surface area contributed by atoms with Crippen LogP contribution in [0.5, 0.6) is 0 Å². The van der Waals surface area contributed by atoms with Crippen LogP contribution in [0.2, 0.25) is 0 Å². The fraction of sp³-hybridized carbons (Fsp3) is 0.462. The summed E-state index contributed by atoms with van der Waals surface area (Å²) in [7, 11) is -2.90. The molecule has 0 unspecified atom stereocenters. The summed E-state index contributed by atoms with van der Waals surface area (Å²) in [6.07, 6.45) is 1.09. The van der Waals surface area contributed by atoms with Gasteiger partial charge in [-0.3, -0.25) is 0 Å². The number of nitrogens with two attached hydrogens (primary N) is 1. The van der Waals surface area contributed by atoms with Gasteiger partial charge in [0.1, 0.15) is 9.84 Å². The number of tetrazole rings is 1. The molecule has 1 aliphatic heterocycles. The highest BCUT2D eigenvalue weighted by atomic mass is 32.2. The number of hydrogen-bond acceptors (Lipinski definition) is 6. The second-order valence-corrected chi connectivity index (χ2v) is 7.71. The van der Waals surface area contributed by atoms with Gasteiger partial charge in [-0.2, -0.15) is 0 Å². The zero-order valence-corrected chi connectivity index (χ0v) is 12.5. The molecular weight excluding hydrogens is 290 g/mol. The average molecular weight is 307 g/mol. The van der Waals surface area contributed by atoms with E-state index in [4.69, 9.17) is 5.73 Å². The summed E-state index contributed by atoms with van der Waals surface area (Å²) >= 11 is 0. The lowest BCUT2D eigenvalue weighted by Crippen LogP contribution is -2.26. The number of benzene rings is 1. The molecule has 0 atom stereocenters. The van der Waals surface area contributed by atoms with Gasteiger partial charge in [0.05, 0.1) is 17.5 Å². The lowest BCUT2D eigenvalue weighted by atomic mass is 10.1. The Morgan fingerprint density at radius 3 is 2.67 bits per heavy atom. The van der Waals surface area contributed by atoms with Crippen LogP contribution in [0.4, 0.5) is 5.69 Å². The highest BCUT2D eigenvalue weighted by Crippen LogP contribution is 2.28. The summed E-state index contributed by atoms with van der Waals surface area (Å²) in [6, 6.07) is 5.71. The number of sulfone groups is 1. The molecular formula is C13H17N5O2S. The van der Waals surface area contributed by atoms with Crippen LogP contribution in [-0.4, -0.2) is 40.1 Å². The third-order valence-electron chi connectivity index (χ3n) is 3.90. The smallest absolute Gasteiger partial charge is 0.182 e. The molecule has 0 spiro atoms. The molecule has 2 N–H and O–H groups in total. The Kier molecular flexibility index (Phi) is 3.40. The van der Waals surface area contributed by atoms with Crippen LogP contribution in [0.1, 0.15) is 24.4 Å². The molecule has 1 saturated heterocycles. The van der Waals surface area contributed by atoms with Crippen molar-refractivity contribution >= 4 is 15.5 Å². The van der Waals surface area contributed by atoms with Crippen molar-refractivity contribution in [1.82, 2.24) is 20.2 Å². The summed E-state index contributed by atoms with van der Waals surface area (Å²) in [5.74, 6) is 1.01. The van der Waals surface area contributed by atoms with Crippen LogP contribution in [0.25, 0.3) is 11.4 Å². The molecule has 0 amide bonds. The first kappa shape index (κ1) is 14.0. The van der Waals surface area contributed by atoms with E-state index < -0.39 is 9.84 Å². The van der Waals surface area contributed by atoms with E-state index >= 15 is 0 Å². The molecule has 1 fully saturated rings. The van der Waals surface area contributed by atoms with Gasteiger partial charge in [0, 0.05) is 11.3 Å². The molecule has 0 aliphatic carbocycles. The Balaban J connectivity index is 1.92. The molecule has 0 radical (unpaired) electrons. The summed E-state index contributed by atoms with van der Waals surface area (Å²) < 4.78 is 24.8. The van der Waals surface area contributed by atoms with Crippen LogP contribution in [0.3, 0.4) is 0 Å². The second kappa shape index (κ2) is 5.10. The first-order chi connectivity index (χ1) is 9.96. The van der Waals surface area contributed by atoms with Crippen molar-refractivity contribution in [3.8, 4) is 11.4 Å². The predicted octanol–water partition coefficient (Wildman–Crippen LogP) is 0.980. The maximum absolute atomic E-state index is 11.5. The van der Waals surface area contributed by atoms with Gasteiger partial charge in [-0.15, -0.1) is 5.10 Å². The minimum Gasteiger partial charge on any atom is -0.398 e. The van der Waals surface area contributed by atoms with Crippen LogP contribution < -0.4 is 5.73 Å². The van der Waals surface area contributed by atoms with E-state index in [1.165, 1.54) is 0 Å². The molecule has 1 aromatic heterocycles.